The Morgan fingerprint density at radius 2 is 2.11 bits per heavy atom. The Kier molecular flexibility index (Phi) is 6.66. The highest BCUT2D eigenvalue weighted by atomic mass is 32.1. The molecule has 0 aliphatic carbocycles. The molecule has 10 nitrogen and oxygen atoms in total. The van der Waals surface area contributed by atoms with E-state index in [1.54, 1.807) is 6.07 Å². The lowest BCUT2D eigenvalue weighted by Gasteiger charge is -2.08. The number of ether oxygens (including phenoxy) is 3. The maximum atomic E-state index is 11.7. The maximum Gasteiger partial charge on any atom is 0.350 e. The molecule has 0 radical (unpaired) electrons. The van der Waals surface area contributed by atoms with E-state index in [0.717, 1.165) is 11.3 Å². The third-order valence-electron chi connectivity index (χ3n) is 3.46. The van der Waals surface area contributed by atoms with Gasteiger partial charge in [0.25, 0.3) is 0 Å². The van der Waals surface area contributed by atoms with E-state index in [9.17, 15) is 14.9 Å². The standard InChI is InChI=1S/C16H18N4O6S/c1-5-10-14(15(21)26-4)27-16(18-10)19-17-8-9-6-11(20(22)23)13(25-3)12(7-9)24-2/h6-8H,5H2,1-4H3,(H,18,19)/b17-8-. The van der Waals surface area contributed by atoms with Gasteiger partial charge in [0, 0.05) is 11.6 Å². The van der Waals surface area contributed by atoms with Gasteiger partial charge in [-0.1, -0.05) is 18.3 Å². The normalized spacial score (nSPS) is 10.7. The van der Waals surface area contributed by atoms with E-state index in [1.165, 1.54) is 33.6 Å². The van der Waals surface area contributed by atoms with Gasteiger partial charge in [-0.3, -0.25) is 15.5 Å². The van der Waals surface area contributed by atoms with Crippen molar-refractivity contribution in [2.75, 3.05) is 26.8 Å². The van der Waals surface area contributed by atoms with Crippen LogP contribution in [0.25, 0.3) is 0 Å². The quantitative estimate of drug-likeness (QED) is 0.313. The fourth-order valence-electron chi connectivity index (χ4n) is 2.23. The second-order valence-electron chi connectivity index (χ2n) is 5.04. The minimum Gasteiger partial charge on any atom is -0.493 e. The van der Waals surface area contributed by atoms with E-state index in [1.807, 2.05) is 6.92 Å². The average molecular weight is 394 g/mol. The summed E-state index contributed by atoms with van der Waals surface area (Å²) in [6.07, 6.45) is 1.94. The number of carbonyl (C=O) groups excluding carboxylic acids is 1. The Labute approximate surface area is 158 Å². The molecule has 1 aromatic heterocycles. The highest BCUT2D eigenvalue weighted by Gasteiger charge is 2.21. The maximum absolute atomic E-state index is 11.7. The number of nitrogens with one attached hydrogen (secondary N) is 1. The first kappa shape index (κ1) is 20.1. The number of methoxy groups -OCH3 is 3. The number of esters is 1. The molecule has 1 N–H and O–H groups in total. The van der Waals surface area contributed by atoms with Gasteiger partial charge in [-0.15, -0.1) is 0 Å². The summed E-state index contributed by atoms with van der Waals surface area (Å²) in [7, 11) is 4.01. The molecule has 0 saturated heterocycles. The summed E-state index contributed by atoms with van der Waals surface area (Å²) in [5.41, 5.74) is 3.49. The summed E-state index contributed by atoms with van der Waals surface area (Å²) >= 11 is 1.11. The number of thiazole rings is 1. The van der Waals surface area contributed by atoms with Gasteiger partial charge in [0.15, 0.2) is 5.75 Å². The highest BCUT2D eigenvalue weighted by Crippen LogP contribution is 2.37. The van der Waals surface area contributed by atoms with E-state index in [2.05, 4.69) is 15.5 Å². The van der Waals surface area contributed by atoms with Crippen molar-refractivity contribution in [3.05, 3.63) is 38.4 Å². The predicted octanol–water partition coefficient (Wildman–Crippen LogP) is 2.86. The van der Waals surface area contributed by atoms with Crippen LogP contribution in [0.3, 0.4) is 0 Å². The summed E-state index contributed by atoms with van der Waals surface area (Å²) in [6, 6.07) is 2.86. The van der Waals surface area contributed by atoms with E-state index in [0.29, 0.717) is 27.7 Å². The van der Waals surface area contributed by atoms with Gasteiger partial charge in [-0.05, 0) is 12.5 Å². The molecule has 1 heterocycles. The summed E-state index contributed by atoms with van der Waals surface area (Å²) < 4.78 is 14.9. The molecule has 0 unspecified atom stereocenters. The van der Waals surface area contributed by atoms with Crippen LogP contribution in [0.1, 0.15) is 27.9 Å². The lowest BCUT2D eigenvalue weighted by Crippen LogP contribution is -2.01. The van der Waals surface area contributed by atoms with Crippen molar-refractivity contribution in [2.24, 2.45) is 5.10 Å². The topological polar surface area (TPSA) is 125 Å². The SMILES string of the molecule is CCc1nc(N/N=C\c2cc(OC)c(OC)c([N+](=O)[O-])c2)sc1C(=O)OC. The number of aromatic nitrogens is 1. The molecular formula is C16H18N4O6S. The number of anilines is 1. The van der Waals surface area contributed by atoms with Crippen molar-refractivity contribution >= 4 is 34.3 Å². The molecule has 11 heteroatoms. The summed E-state index contributed by atoms with van der Waals surface area (Å²) in [5, 5.41) is 15.6. The number of aryl methyl sites for hydroxylation is 1. The third-order valence-corrected chi connectivity index (χ3v) is 4.44. The Bertz CT molecular complexity index is 880. The number of carbonyl (C=O) groups is 1. The molecule has 2 aromatic rings. The fourth-order valence-corrected chi connectivity index (χ4v) is 3.15. The van der Waals surface area contributed by atoms with Crippen LogP contribution in [0.15, 0.2) is 17.2 Å². The number of hydrogen-bond acceptors (Lipinski definition) is 10. The number of benzene rings is 1. The van der Waals surface area contributed by atoms with E-state index >= 15 is 0 Å². The van der Waals surface area contributed by atoms with Crippen LogP contribution in [0.2, 0.25) is 0 Å². The van der Waals surface area contributed by atoms with Crippen LogP contribution in [0, 0.1) is 10.1 Å². The molecule has 27 heavy (non-hydrogen) atoms. The average Bonchev–Trinajstić information content (AvgIpc) is 3.09. The van der Waals surface area contributed by atoms with Gasteiger partial charge in [-0.25, -0.2) is 9.78 Å². The van der Waals surface area contributed by atoms with Gasteiger partial charge in [0.05, 0.1) is 38.2 Å². The molecule has 144 valence electrons. The Morgan fingerprint density at radius 1 is 1.37 bits per heavy atom. The molecule has 0 spiro atoms. The second kappa shape index (κ2) is 8.94. The number of nitro benzene ring substituents is 1. The van der Waals surface area contributed by atoms with Crippen LogP contribution in [-0.4, -0.2) is 43.4 Å². The van der Waals surface area contributed by atoms with E-state index in [-0.39, 0.29) is 17.2 Å². The monoisotopic (exact) mass is 394 g/mol. The molecular weight excluding hydrogens is 376 g/mol. The molecule has 0 atom stereocenters. The molecule has 2 rings (SSSR count). The van der Waals surface area contributed by atoms with E-state index < -0.39 is 10.9 Å². The van der Waals surface area contributed by atoms with Crippen molar-refractivity contribution in [3.8, 4) is 11.5 Å². The van der Waals surface area contributed by atoms with Crippen LogP contribution < -0.4 is 14.9 Å². The third kappa shape index (κ3) is 4.50. The van der Waals surface area contributed by atoms with Crippen molar-refractivity contribution in [1.82, 2.24) is 4.98 Å². The smallest absolute Gasteiger partial charge is 0.350 e. The van der Waals surface area contributed by atoms with Gasteiger partial charge in [0.1, 0.15) is 4.88 Å². The van der Waals surface area contributed by atoms with Crippen molar-refractivity contribution in [2.45, 2.75) is 13.3 Å². The minimum absolute atomic E-state index is 0.0304. The molecule has 0 fully saturated rings. The number of nitro groups is 1. The van der Waals surface area contributed by atoms with Gasteiger partial charge in [-0.2, -0.15) is 5.10 Å². The molecule has 0 bridgehead atoms. The van der Waals surface area contributed by atoms with E-state index in [4.69, 9.17) is 14.2 Å². The lowest BCUT2D eigenvalue weighted by molar-refractivity contribution is -0.385. The van der Waals surface area contributed by atoms with Gasteiger partial charge < -0.3 is 14.2 Å². The highest BCUT2D eigenvalue weighted by molar-refractivity contribution is 7.17. The zero-order chi connectivity index (χ0) is 20.0. The van der Waals surface area contributed by atoms with Crippen molar-refractivity contribution < 1.29 is 23.9 Å². The minimum atomic E-state index is -0.566. The van der Waals surface area contributed by atoms with Crippen LogP contribution >= 0.6 is 11.3 Å². The number of hydrogen-bond donors (Lipinski definition) is 1. The lowest BCUT2D eigenvalue weighted by atomic mass is 10.2. The zero-order valence-electron chi connectivity index (χ0n) is 15.1. The van der Waals surface area contributed by atoms with Crippen molar-refractivity contribution in [3.63, 3.8) is 0 Å². The molecule has 0 aliphatic heterocycles. The molecule has 0 aliphatic rings. The first-order valence-corrected chi connectivity index (χ1v) is 8.54. The Hall–Kier alpha value is -3.21. The largest absolute Gasteiger partial charge is 0.493 e. The van der Waals surface area contributed by atoms with Crippen molar-refractivity contribution in [1.29, 1.82) is 0 Å². The van der Waals surface area contributed by atoms with Gasteiger partial charge in [0.2, 0.25) is 10.9 Å². The molecule has 1 aromatic carbocycles. The molecule has 0 saturated carbocycles. The summed E-state index contributed by atoms with van der Waals surface area (Å²) in [6.45, 7) is 1.87. The first-order chi connectivity index (χ1) is 12.9. The Balaban J connectivity index is 2.26. The Morgan fingerprint density at radius 3 is 2.67 bits per heavy atom. The number of nitrogens with zero attached hydrogens (tertiary/aromatic N) is 3. The first-order valence-electron chi connectivity index (χ1n) is 7.72. The predicted molar refractivity (Wildman–Crippen MR) is 100 cm³/mol. The number of rotatable bonds is 8. The van der Waals surface area contributed by atoms with Crippen LogP contribution in [0.5, 0.6) is 11.5 Å². The summed E-state index contributed by atoms with van der Waals surface area (Å²) in [4.78, 5) is 27.1. The van der Waals surface area contributed by atoms with Crippen LogP contribution in [0.4, 0.5) is 10.8 Å². The summed E-state index contributed by atoms with van der Waals surface area (Å²) in [5.74, 6) is -0.219. The number of hydrazone groups is 1. The van der Waals surface area contributed by atoms with Crippen LogP contribution in [-0.2, 0) is 11.2 Å². The fraction of sp³-hybridized carbons (Fsp3) is 0.312. The second-order valence-corrected chi connectivity index (χ2v) is 6.04. The zero-order valence-corrected chi connectivity index (χ0v) is 16.0. The van der Waals surface area contributed by atoms with Gasteiger partial charge >= 0.3 is 11.7 Å². The molecule has 0 amide bonds.